The number of carboxylic acid groups (broad SMARTS) is 3. The highest BCUT2D eigenvalue weighted by molar-refractivity contribution is 6.08. The predicted molar refractivity (Wildman–Crippen MR) is 54.7 cm³/mol. The number of hydrogen-bond acceptors (Lipinski definition) is 4. The number of carbonyl (C=O) groups is 3. The summed E-state index contributed by atoms with van der Waals surface area (Å²) in [4.78, 5) is 35.1. The van der Waals surface area contributed by atoms with Gasteiger partial charge in [0, 0.05) is 6.20 Å². The first-order valence-electron chi connectivity index (χ1n) is 4.48. The van der Waals surface area contributed by atoms with Gasteiger partial charge >= 0.3 is 17.9 Å². The summed E-state index contributed by atoms with van der Waals surface area (Å²) >= 11 is 0. The lowest BCUT2D eigenvalue weighted by atomic mass is 9.95. The highest BCUT2D eigenvalue weighted by Crippen LogP contribution is 2.19. The van der Waals surface area contributed by atoms with Gasteiger partial charge in [0.2, 0.25) is 5.54 Å². The van der Waals surface area contributed by atoms with E-state index in [0.717, 1.165) is 0 Å². The molecule has 8 heteroatoms. The fourth-order valence-corrected chi connectivity index (χ4v) is 1.26. The third-order valence-electron chi connectivity index (χ3n) is 2.09. The molecule has 0 bridgehead atoms. The number of anilines is 1. The number of aromatic nitrogens is 1. The first kappa shape index (κ1) is 12.6. The van der Waals surface area contributed by atoms with Crippen molar-refractivity contribution >= 4 is 23.7 Å². The van der Waals surface area contributed by atoms with Crippen LogP contribution < -0.4 is 5.32 Å². The van der Waals surface area contributed by atoms with Crippen molar-refractivity contribution in [2.45, 2.75) is 12.0 Å². The van der Waals surface area contributed by atoms with Crippen LogP contribution in [0.4, 0.5) is 5.82 Å². The number of rotatable bonds is 6. The third-order valence-corrected chi connectivity index (χ3v) is 2.09. The first-order chi connectivity index (χ1) is 7.88. The van der Waals surface area contributed by atoms with Gasteiger partial charge in [-0.25, -0.2) is 9.59 Å². The van der Waals surface area contributed by atoms with Crippen molar-refractivity contribution in [3.63, 3.8) is 0 Å². The predicted octanol–water partition coefficient (Wildman–Crippen LogP) is -0.191. The molecule has 1 rings (SSSR count). The van der Waals surface area contributed by atoms with Crippen LogP contribution >= 0.6 is 0 Å². The number of carboxylic acids is 3. The smallest absolute Gasteiger partial charge is 0.341 e. The molecule has 17 heavy (non-hydrogen) atoms. The van der Waals surface area contributed by atoms with E-state index in [1.165, 1.54) is 18.3 Å². The van der Waals surface area contributed by atoms with Crippen molar-refractivity contribution in [1.82, 2.24) is 4.98 Å². The minimum Gasteiger partial charge on any atom is -0.481 e. The lowest BCUT2D eigenvalue weighted by Gasteiger charge is -2.24. The van der Waals surface area contributed by atoms with E-state index in [9.17, 15) is 14.4 Å². The van der Waals surface area contributed by atoms with Crippen LogP contribution in [0.1, 0.15) is 6.42 Å². The van der Waals surface area contributed by atoms with E-state index in [-0.39, 0.29) is 5.82 Å². The number of H-pyrrole nitrogens is 1. The van der Waals surface area contributed by atoms with Crippen LogP contribution in [0.5, 0.6) is 0 Å². The highest BCUT2D eigenvalue weighted by atomic mass is 16.4. The summed E-state index contributed by atoms with van der Waals surface area (Å²) in [5.41, 5.74) is -2.60. The first-order valence-corrected chi connectivity index (χ1v) is 4.48. The molecule has 1 heterocycles. The van der Waals surface area contributed by atoms with Gasteiger partial charge in [-0.1, -0.05) is 0 Å². The van der Waals surface area contributed by atoms with E-state index in [2.05, 4.69) is 10.3 Å². The van der Waals surface area contributed by atoms with Gasteiger partial charge in [-0.15, -0.1) is 0 Å². The SMILES string of the molecule is O=C(O)CC(Nc1ccc[nH]1)(C(=O)O)C(=O)O. The van der Waals surface area contributed by atoms with Gasteiger partial charge in [-0.2, -0.15) is 0 Å². The van der Waals surface area contributed by atoms with E-state index in [1.807, 2.05) is 0 Å². The Balaban J connectivity index is 3.10. The Morgan fingerprint density at radius 3 is 2.18 bits per heavy atom. The monoisotopic (exact) mass is 242 g/mol. The molecule has 1 aromatic rings. The molecule has 0 radical (unpaired) electrons. The van der Waals surface area contributed by atoms with Crippen molar-refractivity contribution in [1.29, 1.82) is 0 Å². The van der Waals surface area contributed by atoms with Gasteiger partial charge in [-0.3, -0.25) is 4.79 Å². The zero-order chi connectivity index (χ0) is 13.1. The van der Waals surface area contributed by atoms with E-state index >= 15 is 0 Å². The summed E-state index contributed by atoms with van der Waals surface area (Å²) < 4.78 is 0. The van der Waals surface area contributed by atoms with Gasteiger partial charge in [0.25, 0.3) is 0 Å². The highest BCUT2D eigenvalue weighted by Gasteiger charge is 2.49. The van der Waals surface area contributed by atoms with E-state index in [4.69, 9.17) is 15.3 Å². The molecule has 92 valence electrons. The third kappa shape index (κ3) is 2.54. The van der Waals surface area contributed by atoms with Crippen LogP contribution in [0.25, 0.3) is 0 Å². The fraction of sp³-hybridized carbons (Fsp3) is 0.222. The molecule has 8 nitrogen and oxygen atoms in total. The van der Waals surface area contributed by atoms with Gasteiger partial charge < -0.3 is 25.6 Å². The summed E-state index contributed by atoms with van der Waals surface area (Å²) in [5, 5.41) is 28.6. The molecule has 0 saturated carbocycles. The van der Waals surface area contributed by atoms with Crippen LogP contribution in [-0.4, -0.2) is 43.8 Å². The molecule has 0 spiro atoms. The molecule has 0 aliphatic rings. The van der Waals surface area contributed by atoms with Crippen molar-refractivity contribution < 1.29 is 29.7 Å². The summed E-state index contributed by atoms with van der Waals surface area (Å²) in [7, 11) is 0. The van der Waals surface area contributed by atoms with Crippen molar-refractivity contribution in [2.24, 2.45) is 0 Å². The molecule has 0 aliphatic carbocycles. The zero-order valence-corrected chi connectivity index (χ0v) is 8.51. The second-order valence-corrected chi connectivity index (χ2v) is 3.29. The number of hydrogen-bond donors (Lipinski definition) is 5. The maximum atomic E-state index is 11.0. The molecular formula is C9H10N2O6. The van der Waals surface area contributed by atoms with Crippen molar-refractivity contribution in [3.8, 4) is 0 Å². The lowest BCUT2D eigenvalue weighted by molar-refractivity contribution is -0.160. The molecule has 0 atom stereocenters. The molecule has 0 fully saturated rings. The minimum absolute atomic E-state index is 0.107. The largest absolute Gasteiger partial charge is 0.481 e. The summed E-state index contributed by atoms with van der Waals surface area (Å²) in [6, 6.07) is 2.90. The molecule has 0 unspecified atom stereocenters. The average molecular weight is 242 g/mol. The summed E-state index contributed by atoms with van der Waals surface area (Å²) in [6.45, 7) is 0. The molecular weight excluding hydrogens is 232 g/mol. The molecule has 0 aromatic carbocycles. The van der Waals surface area contributed by atoms with E-state index in [1.54, 1.807) is 0 Å². The lowest BCUT2D eigenvalue weighted by Crippen LogP contribution is -2.54. The van der Waals surface area contributed by atoms with Crippen molar-refractivity contribution in [2.75, 3.05) is 5.32 Å². The van der Waals surface area contributed by atoms with E-state index < -0.39 is 29.9 Å². The van der Waals surface area contributed by atoms with Crippen LogP contribution in [0, 0.1) is 0 Å². The Bertz CT molecular complexity index is 424. The quantitative estimate of drug-likeness (QED) is 0.435. The summed E-state index contributed by atoms with van der Waals surface area (Å²) in [5.74, 6) is -4.98. The van der Waals surface area contributed by atoms with Crippen molar-refractivity contribution in [3.05, 3.63) is 18.3 Å². The number of aromatic amines is 1. The van der Waals surface area contributed by atoms with Gasteiger partial charge in [0.05, 0.1) is 6.42 Å². The second-order valence-electron chi connectivity index (χ2n) is 3.29. The fourth-order valence-electron chi connectivity index (χ4n) is 1.26. The Kier molecular flexibility index (Phi) is 3.37. The maximum Gasteiger partial charge on any atom is 0.341 e. The van der Waals surface area contributed by atoms with Gasteiger partial charge in [-0.05, 0) is 12.1 Å². The normalized spacial score (nSPS) is 10.8. The standard InChI is InChI=1S/C9H10N2O6/c12-6(13)4-9(7(14)15,8(16)17)11-5-2-1-3-10-5/h1-3,10-11H,4H2,(H,12,13)(H,14,15)(H,16,17). The molecule has 5 N–H and O–H groups in total. The van der Waals surface area contributed by atoms with Gasteiger partial charge in [0.15, 0.2) is 0 Å². The number of nitrogens with one attached hydrogen (secondary N) is 2. The molecule has 0 amide bonds. The average Bonchev–Trinajstić information content (AvgIpc) is 2.67. The Labute approximate surface area is 94.9 Å². The topological polar surface area (TPSA) is 140 Å². The molecule has 1 aromatic heterocycles. The molecule has 0 aliphatic heterocycles. The van der Waals surface area contributed by atoms with Crippen LogP contribution in [0.3, 0.4) is 0 Å². The Hall–Kier alpha value is -2.51. The second kappa shape index (κ2) is 4.56. The van der Waals surface area contributed by atoms with Crippen LogP contribution in [0.2, 0.25) is 0 Å². The van der Waals surface area contributed by atoms with Crippen LogP contribution in [0.15, 0.2) is 18.3 Å². The van der Waals surface area contributed by atoms with Gasteiger partial charge in [0.1, 0.15) is 5.82 Å². The molecule has 0 saturated heterocycles. The maximum absolute atomic E-state index is 11.0. The Morgan fingerprint density at radius 1 is 1.24 bits per heavy atom. The minimum atomic E-state index is -2.60. The zero-order valence-electron chi connectivity index (χ0n) is 8.51. The van der Waals surface area contributed by atoms with Crippen LogP contribution in [-0.2, 0) is 14.4 Å². The Morgan fingerprint density at radius 2 is 1.82 bits per heavy atom. The van der Waals surface area contributed by atoms with E-state index in [0.29, 0.717) is 0 Å². The summed E-state index contributed by atoms with van der Waals surface area (Å²) in [6.07, 6.45) is 0.355. The number of aliphatic carboxylic acids is 3.